The standard InChI is InChI=1S/C19H26ClN3O4/c1-2-4-16(27-21)10-18(25)23-12-15(24)9-17(23)19(26)22-11-13-5-3-6-14(20)8-7-13/h4-8,15,17,24H,2-3,9-12,21H2,1H3,(H,22,26)/b16-4-/t15-,17+/m1/s1. The maximum absolute atomic E-state index is 12.6. The Morgan fingerprint density at radius 1 is 1.44 bits per heavy atom. The summed E-state index contributed by atoms with van der Waals surface area (Å²) in [5.41, 5.74) is 0.927. The van der Waals surface area contributed by atoms with Crippen LogP contribution in [0.15, 0.2) is 46.7 Å². The number of amides is 2. The SMILES string of the molecule is CC/C=C(/CC(=O)N1C[C@H](O)C[C@H]1C(=O)NCC1=CCC=C(Cl)C=C1)ON. The van der Waals surface area contributed by atoms with Crippen molar-refractivity contribution in [2.45, 2.75) is 44.8 Å². The van der Waals surface area contributed by atoms with Crippen LogP contribution in [0.25, 0.3) is 0 Å². The molecule has 2 aliphatic rings. The van der Waals surface area contributed by atoms with Gasteiger partial charge in [0.05, 0.1) is 12.5 Å². The molecular weight excluding hydrogens is 370 g/mol. The smallest absolute Gasteiger partial charge is 0.243 e. The zero-order valence-electron chi connectivity index (χ0n) is 15.4. The molecule has 0 aromatic rings. The zero-order chi connectivity index (χ0) is 19.8. The van der Waals surface area contributed by atoms with Gasteiger partial charge in [0.25, 0.3) is 0 Å². The third-order valence-electron chi connectivity index (χ3n) is 4.43. The molecule has 7 nitrogen and oxygen atoms in total. The molecule has 0 bridgehead atoms. The number of aliphatic hydroxyl groups excluding tert-OH is 1. The lowest BCUT2D eigenvalue weighted by Crippen LogP contribution is -2.46. The predicted octanol–water partition coefficient (Wildman–Crippen LogP) is 1.65. The second-order valence-corrected chi connectivity index (χ2v) is 6.92. The molecular formula is C19H26ClN3O4. The molecule has 2 rings (SSSR count). The highest BCUT2D eigenvalue weighted by Crippen LogP contribution is 2.21. The Bertz CT molecular complexity index is 684. The van der Waals surface area contributed by atoms with Crippen LogP contribution in [0.4, 0.5) is 0 Å². The molecule has 1 saturated heterocycles. The van der Waals surface area contributed by atoms with E-state index in [1.54, 1.807) is 12.2 Å². The Kier molecular flexibility index (Phi) is 8.09. The minimum absolute atomic E-state index is 0.0428. The van der Waals surface area contributed by atoms with Crippen molar-refractivity contribution in [3.8, 4) is 0 Å². The van der Waals surface area contributed by atoms with Crippen molar-refractivity contribution < 1.29 is 19.5 Å². The monoisotopic (exact) mass is 395 g/mol. The first-order valence-electron chi connectivity index (χ1n) is 8.98. The molecule has 2 atom stereocenters. The Morgan fingerprint density at radius 3 is 2.93 bits per heavy atom. The predicted molar refractivity (Wildman–Crippen MR) is 103 cm³/mol. The van der Waals surface area contributed by atoms with Crippen molar-refractivity contribution in [2.75, 3.05) is 13.1 Å². The molecule has 27 heavy (non-hydrogen) atoms. The summed E-state index contributed by atoms with van der Waals surface area (Å²) >= 11 is 5.96. The van der Waals surface area contributed by atoms with Crippen molar-refractivity contribution >= 4 is 23.4 Å². The van der Waals surface area contributed by atoms with Gasteiger partial charge in [-0.15, -0.1) is 0 Å². The molecule has 0 aromatic heterocycles. The Morgan fingerprint density at radius 2 is 2.22 bits per heavy atom. The first-order valence-corrected chi connectivity index (χ1v) is 9.36. The van der Waals surface area contributed by atoms with Gasteiger partial charge in [0.2, 0.25) is 11.8 Å². The van der Waals surface area contributed by atoms with Gasteiger partial charge in [0, 0.05) is 24.5 Å². The van der Waals surface area contributed by atoms with Crippen LogP contribution in [0.5, 0.6) is 0 Å². The number of nitrogens with one attached hydrogen (secondary N) is 1. The van der Waals surface area contributed by atoms with Gasteiger partial charge in [-0.2, -0.15) is 5.90 Å². The molecule has 148 valence electrons. The number of hydrogen-bond acceptors (Lipinski definition) is 5. The van der Waals surface area contributed by atoms with Crippen molar-refractivity contribution in [2.24, 2.45) is 5.90 Å². The normalized spacial score (nSPS) is 22.8. The van der Waals surface area contributed by atoms with Crippen molar-refractivity contribution in [3.05, 3.63) is 46.7 Å². The van der Waals surface area contributed by atoms with Gasteiger partial charge in [-0.05, 0) is 30.6 Å². The van der Waals surface area contributed by atoms with E-state index < -0.39 is 12.1 Å². The third-order valence-corrected chi connectivity index (χ3v) is 4.71. The Labute approximate surface area is 164 Å². The summed E-state index contributed by atoms with van der Waals surface area (Å²) in [6, 6.07) is -0.717. The minimum Gasteiger partial charge on any atom is -0.416 e. The molecule has 1 aliphatic heterocycles. The fourth-order valence-electron chi connectivity index (χ4n) is 3.06. The number of carbonyl (C=O) groups is 2. The molecule has 2 amide bonds. The number of likely N-dealkylation sites (tertiary alicyclic amines) is 1. The van der Waals surface area contributed by atoms with Gasteiger partial charge >= 0.3 is 0 Å². The number of carbonyl (C=O) groups excluding carboxylic acids is 2. The molecule has 0 saturated carbocycles. The summed E-state index contributed by atoms with van der Waals surface area (Å²) in [5.74, 6) is 4.93. The van der Waals surface area contributed by atoms with Gasteiger partial charge < -0.3 is 20.2 Å². The number of aliphatic hydroxyl groups is 1. The molecule has 0 spiro atoms. The number of nitrogens with zero attached hydrogens (tertiary/aromatic N) is 1. The fraction of sp³-hybridized carbons (Fsp3) is 0.474. The summed E-state index contributed by atoms with van der Waals surface area (Å²) in [4.78, 5) is 31.3. The zero-order valence-corrected chi connectivity index (χ0v) is 16.1. The summed E-state index contributed by atoms with van der Waals surface area (Å²) in [6.45, 7) is 2.34. The second-order valence-electron chi connectivity index (χ2n) is 6.48. The van der Waals surface area contributed by atoms with Crippen LogP contribution in [0.2, 0.25) is 0 Å². The number of rotatable bonds is 7. The fourth-order valence-corrected chi connectivity index (χ4v) is 3.21. The van der Waals surface area contributed by atoms with Gasteiger partial charge in [-0.3, -0.25) is 9.59 Å². The van der Waals surface area contributed by atoms with E-state index in [2.05, 4.69) is 5.32 Å². The first-order chi connectivity index (χ1) is 12.9. The largest absolute Gasteiger partial charge is 0.416 e. The van der Waals surface area contributed by atoms with Gasteiger partial charge in [0.1, 0.15) is 11.8 Å². The second kappa shape index (κ2) is 10.3. The maximum Gasteiger partial charge on any atom is 0.243 e. The van der Waals surface area contributed by atoms with E-state index in [0.29, 0.717) is 30.2 Å². The highest BCUT2D eigenvalue weighted by atomic mass is 35.5. The van der Waals surface area contributed by atoms with Crippen LogP contribution in [0.1, 0.15) is 32.6 Å². The number of β-amino-alcohol motifs (C(OH)–C–C–N with tert-alkyl or cyclic N) is 1. The molecule has 0 unspecified atom stereocenters. The number of hydrogen-bond donors (Lipinski definition) is 3. The van der Waals surface area contributed by atoms with E-state index in [1.807, 2.05) is 25.2 Å². The molecule has 1 fully saturated rings. The third kappa shape index (κ3) is 6.23. The van der Waals surface area contributed by atoms with Crippen LogP contribution in [0.3, 0.4) is 0 Å². The van der Waals surface area contributed by atoms with Crippen molar-refractivity contribution in [1.82, 2.24) is 10.2 Å². The van der Waals surface area contributed by atoms with Crippen molar-refractivity contribution in [1.29, 1.82) is 0 Å². The van der Waals surface area contributed by atoms with E-state index in [0.717, 1.165) is 5.57 Å². The lowest BCUT2D eigenvalue weighted by atomic mass is 10.1. The maximum atomic E-state index is 12.6. The van der Waals surface area contributed by atoms with E-state index in [-0.39, 0.29) is 31.2 Å². The lowest BCUT2D eigenvalue weighted by Gasteiger charge is -2.24. The number of nitrogens with two attached hydrogens (primary N) is 1. The lowest BCUT2D eigenvalue weighted by molar-refractivity contribution is -0.138. The average Bonchev–Trinajstić information content (AvgIpc) is 2.92. The highest BCUT2D eigenvalue weighted by Gasteiger charge is 2.38. The van der Waals surface area contributed by atoms with E-state index in [4.69, 9.17) is 22.3 Å². The molecule has 1 heterocycles. The molecule has 4 N–H and O–H groups in total. The number of allylic oxidation sites excluding steroid dienone is 5. The Balaban J connectivity index is 1.97. The Hall–Kier alpha value is -2.09. The van der Waals surface area contributed by atoms with Gasteiger partial charge in [-0.25, -0.2) is 0 Å². The molecule has 0 aromatic carbocycles. The number of halogens is 1. The summed E-state index contributed by atoms with van der Waals surface area (Å²) < 4.78 is 0. The first kappa shape index (κ1) is 21.2. The van der Waals surface area contributed by atoms with E-state index in [1.165, 1.54) is 4.90 Å². The van der Waals surface area contributed by atoms with Crippen LogP contribution in [-0.4, -0.2) is 47.1 Å². The quantitative estimate of drug-likeness (QED) is 0.449. The minimum atomic E-state index is -0.734. The molecule has 8 heteroatoms. The van der Waals surface area contributed by atoms with Crippen LogP contribution in [0, 0.1) is 0 Å². The van der Waals surface area contributed by atoms with E-state index >= 15 is 0 Å². The summed E-state index contributed by atoms with van der Waals surface area (Å²) in [5, 5.41) is 13.4. The molecule has 0 radical (unpaired) electrons. The van der Waals surface area contributed by atoms with Crippen LogP contribution in [-0.2, 0) is 14.4 Å². The van der Waals surface area contributed by atoms with Gasteiger partial charge in [0.15, 0.2) is 0 Å². The van der Waals surface area contributed by atoms with Crippen LogP contribution >= 0.6 is 11.6 Å². The van der Waals surface area contributed by atoms with E-state index in [9.17, 15) is 14.7 Å². The topological polar surface area (TPSA) is 105 Å². The summed E-state index contributed by atoms with van der Waals surface area (Å²) in [7, 11) is 0. The average molecular weight is 396 g/mol. The van der Waals surface area contributed by atoms with Crippen molar-refractivity contribution in [3.63, 3.8) is 0 Å². The van der Waals surface area contributed by atoms with Gasteiger partial charge in [-0.1, -0.05) is 36.8 Å². The highest BCUT2D eigenvalue weighted by molar-refractivity contribution is 6.31. The summed E-state index contributed by atoms with van der Waals surface area (Å²) in [6.07, 6.45) is 9.97. The molecule has 1 aliphatic carbocycles. The van der Waals surface area contributed by atoms with Crippen LogP contribution < -0.4 is 11.2 Å².